The van der Waals surface area contributed by atoms with Gasteiger partial charge in [0, 0.05) is 24.2 Å². The van der Waals surface area contributed by atoms with E-state index in [1.807, 2.05) is 18.2 Å². The molecule has 0 radical (unpaired) electrons. The third-order valence-corrected chi connectivity index (χ3v) is 3.75. The van der Waals surface area contributed by atoms with Gasteiger partial charge in [0.05, 0.1) is 0 Å². The summed E-state index contributed by atoms with van der Waals surface area (Å²) in [4.78, 5) is 26.2. The normalized spacial score (nSPS) is 13.0. The van der Waals surface area contributed by atoms with E-state index in [1.165, 1.54) is 6.92 Å². The lowest BCUT2D eigenvalue weighted by Crippen LogP contribution is -2.16. The largest absolute Gasteiger partial charge is 0.356 e. The highest BCUT2D eigenvalue weighted by Crippen LogP contribution is 2.40. The number of pyridine rings is 2. The zero-order valence-corrected chi connectivity index (χ0v) is 11.2. The number of anilines is 1. The minimum absolute atomic E-state index is 0.414. The van der Waals surface area contributed by atoms with Gasteiger partial charge in [-0.3, -0.25) is 9.55 Å². The maximum Gasteiger partial charge on any atom is 0.347 e. The molecule has 0 bridgehead atoms. The van der Waals surface area contributed by atoms with Crippen molar-refractivity contribution in [3.8, 4) is 11.1 Å². The maximum absolute atomic E-state index is 11.1. The summed E-state index contributed by atoms with van der Waals surface area (Å²) in [6, 6.07) is 7.26. The predicted molar refractivity (Wildman–Crippen MR) is 72.6 cm³/mol. The minimum Gasteiger partial charge on any atom is -0.356 e. The standard InChI is InChI=1S/C12H14N3O3P/c1-9(19(16,17)18)15-12-7-10(4-6-14-12)11-3-2-5-13-8-11/h2-9H,1H3,(H,14,15)(H2,16,17,18). The van der Waals surface area contributed by atoms with Crippen LogP contribution in [0.2, 0.25) is 0 Å². The number of nitrogens with one attached hydrogen (secondary N) is 1. The minimum atomic E-state index is -4.17. The highest BCUT2D eigenvalue weighted by molar-refractivity contribution is 7.52. The van der Waals surface area contributed by atoms with Gasteiger partial charge in [-0.25, -0.2) is 4.98 Å². The summed E-state index contributed by atoms with van der Waals surface area (Å²) in [5.74, 6) is -0.568. The maximum atomic E-state index is 11.1. The van der Waals surface area contributed by atoms with Crippen LogP contribution in [0.15, 0.2) is 42.9 Å². The third-order valence-electron chi connectivity index (χ3n) is 2.62. The molecule has 7 heteroatoms. The van der Waals surface area contributed by atoms with Gasteiger partial charge in [-0.05, 0) is 30.7 Å². The molecule has 0 aliphatic heterocycles. The quantitative estimate of drug-likeness (QED) is 0.742. The Balaban J connectivity index is 2.23. The van der Waals surface area contributed by atoms with E-state index in [-0.39, 0.29) is 0 Å². The number of aromatic nitrogens is 2. The molecule has 0 fully saturated rings. The molecule has 0 spiro atoms. The molecular weight excluding hydrogens is 265 g/mol. The zero-order chi connectivity index (χ0) is 13.9. The summed E-state index contributed by atoms with van der Waals surface area (Å²) in [5.41, 5.74) is 1.79. The van der Waals surface area contributed by atoms with Crippen molar-refractivity contribution < 1.29 is 14.4 Å². The van der Waals surface area contributed by atoms with Gasteiger partial charge < -0.3 is 15.1 Å². The van der Waals surface area contributed by atoms with Crippen LogP contribution >= 0.6 is 7.60 Å². The summed E-state index contributed by atoms with van der Waals surface area (Å²) in [6.07, 6.45) is 4.97. The van der Waals surface area contributed by atoms with E-state index in [9.17, 15) is 4.57 Å². The fourth-order valence-electron chi connectivity index (χ4n) is 1.52. The van der Waals surface area contributed by atoms with Crippen LogP contribution in [0.25, 0.3) is 11.1 Å². The van der Waals surface area contributed by atoms with Gasteiger partial charge in [-0.15, -0.1) is 0 Å². The van der Waals surface area contributed by atoms with Crippen LogP contribution in [-0.4, -0.2) is 25.5 Å². The first-order valence-corrected chi connectivity index (χ1v) is 7.33. The highest BCUT2D eigenvalue weighted by atomic mass is 31.2. The fourth-order valence-corrected chi connectivity index (χ4v) is 1.82. The number of rotatable bonds is 4. The van der Waals surface area contributed by atoms with E-state index in [0.29, 0.717) is 5.82 Å². The summed E-state index contributed by atoms with van der Waals surface area (Å²) >= 11 is 0. The second-order valence-electron chi connectivity index (χ2n) is 4.08. The molecule has 0 saturated carbocycles. The van der Waals surface area contributed by atoms with E-state index in [2.05, 4.69) is 15.3 Å². The van der Waals surface area contributed by atoms with E-state index in [4.69, 9.17) is 9.79 Å². The molecule has 0 aliphatic rings. The average molecular weight is 279 g/mol. The Bertz CT molecular complexity index is 600. The number of nitrogens with zero attached hydrogens (tertiary/aromatic N) is 2. The second kappa shape index (κ2) is 5.48. The molecule has 2 aromatic heterocycles. The molecule has 3 N–H and O–H groups in total. The number of hydrogen-bond acceptors (Lipinski definition) is 4. The van der Waals surface area contributed by atoms with E-state index < -0.39 is 13.4 Å². The van der Waals surface area contributed by atoms with Crippen molar-refractivity contribution in [2.24, 2.45) is 0 Å². The summed E-state index contributed by atoms with van der Waals surface area (Å²) in [7, 11) is -4.17. The van der Waals surface area contributed by atoms with E-state index in [0.717, 1.165) is 11.1 Å². The first-order chi connectivity index (χ1) is 8.97. The van der Waals surface area contributed by atoms with Crippen molar-refractivity contribution >= 4 is 13.4 Å². The lowest BCUT2D eigenvalue weighted by Gasteiger charge is -2.16. The third kappa shape index (κ3) is 3.61. The second-order valence-corrected chi connectivity index (χ2v) is 6.03. The highest BCUT2D eigenvalue weighted by Gasteiger charge is 2.23. The fraction of sp³-hybridized carbons (Fsp3) is 0.167. The SMILES string of the molecule is CC(Nc1cc(-c2cccnc2)ccn1)P(=O)(O)O. The Labute approximate surface area is 110 Å². The smallest absolute Gasteiger partial charge is 0.347 e. The molecule has 0 saturated heterocycles. The van der Waals surface area contributed by atoms with Crippen molar-refractivity contribution in [1.29, 1.82) is 0 Å². The molecule has 6 nitrogen and oxygen atoms in total. The molecule has 2 heterocycles. The molecule has 2 aromatic rings. The van der Waals surface area contributed by atoms with Crippen LogP contribution in [0, 0.1) is 0 Å². The van der Waals surface area contributed by atoms with Crippen molar-refractivity contribution in [2.75, 3.05) is 5.32 Å². The summed E-state index contributed by atoms with van der Waals surface area (Å²) in [5, 5.41) is 2.70. The molecule has 0 aromatic carbocycles. The van der Waals surface area contributed by atoms with Crippen molar-refractivity contribution in [3.05, 3.63) is 42.9 Å². The average Bonchev–Trinajstić information content (AvgIpc) is 2.39. The molecule has 0 aliphatic carbocycles. The summed E-state index contributed by atoms with van der Waals surface area (Å²) in [6.45, 7) is 1.42. The van der Waals surface area contributed by atoms with Gasteiger partial charge >= 0.3 is 7.60 Å². The van der Waals surface area contributed by atoms with E-state index >= 15 is 0 Å². The van der Waals surface area contributed by atoms with Crippen molar-refractivity contribution in [1.82, 2.24) is 9.97 Å². The lowest BCUT2D eigenvalue weighted by molar-refractivity contribution is 0.364. The zero-order valence-electron chi connectivity index (χ0n) is 10.3. The van der Waals surface area contributed by atoms with Crippen LogP contribution in [0.5, 0.6) is 0 Å². The molecule has 19 heavy (non-hydrogen) atoms. The van der Waals surface area contributed by atoms with Crippen LogP contribution < -0.4 is 5.32 Å². The number of hydrogen-bond donors (Lipinski definition) is 3. The Morgan fingerprint density at radius 3 is 2.68 bits per heavy atom. The molecule has 2 rings (SSSR count). The van der Waals surface area contributed by atoms with Crippen molar-refractivity contribution in [2.45, 2.75) is 12.7 Å². The van der Waals surface area contributed by atoms with Crippen LogP contribution in [-0.2, 0) is 4.57 Å². The van der Waals surface area contributed by atoms with Crippen LogP contribution in [0.3, 0.4) is 0 Å². The van der Waals surface area contributed by atoms with Gasteiger partial charge in [-0.2, -0.15) is 0 Å². The molecule has 0 amide bonds. The Hall–Kier alpha value is -1.75. The first kappa shape index (κ1) is 13.7. The van der Waals surface area contributed by atoms with Crippen molar-refractivity contribution in [3.63, 3.8) is 0 Å². The van der Waals surface area contributed by atoms with Gasteiger partial charge in [0.2, 0.25) is 0 Å². The Morgan fingerprint density at radius 2 is 2.05 bits per heavy atom. The molecule has 1 unspecified atom stereocenters. The Morgan fingerprint density at radius 1 is 1.26 bits per heavy atom. The first-order valence-electron chi connectivity index (χ1n) is 5.65. The van der Waals surface area contributed by atoms with E-state index in [1.54, 1.807) is 24.7 Å². The van der Waals surface area contributed by atoms with Gasteiger partial charge in [-0.1, -0.05) is 6.07 Å². The predicted octanol–water partition coefficient (Wildman–Crippen LogP) is 2.08. The monoisotopic (exact) mass is 279 g/mol. The van der Waals surface area contributed by atoms with Crippen LogP contribution in [0.1, 0.15) is 6.92 Å². The van der Waals surface area contributed by atoms with Gasteiger partial charge in [0.1, 0.15) is 11.6 Å². The molecule has 100 valence electrons. The molecule has 1 atom stereocenters. The van der Waals surface area contributed by atoms with Crippen LogP contribution in [0.4, 0.5) is 5.82 Å². The topological polar surface area (TPSA) is 95.3 Å². The lowest BCUT2D eigenvalue weighted by atomic mass is 10.1. The van der Waals surface area contributed by atoms with Gasteiger partial charge in [0.25, 0.3) is 0 Å². The summed E-state index contributed by atoms with van der Waals surface area (Å²) < 4.78 is 11.1. The Kier molecular flexibility index (Phi) is 3.95. The molecular formula is C12H14N3O3P. The van der Waals surface area contributed by atoms with Gasteiger partial charge in [0.15, 0.2) is 0 Å².